The molecule has 2 aliphatic heterocycles. The number of ether oxygens (including phenoxy) is 2. The molecule has 118 valence electrons. The third-order valence-electron chi connectivity index (χ3n) is 3.88. The molecule has 0 amide bonds. The van der Waals surface area contributed by atoms with Gasteiger partial charge in [-0.25, -0.2) is 0 Å². The Hall–Kier alpha value is -2.54. The lowest BCUT2D eigenvalue weighted by atomic mass is 10.1. The summed E-state index contributed by atoms with van der Waals surface area (Å²) in [6, 6.07) is 14.8. The average Bonchev–Trinajstić information content (AvgIpc) is 3.15. The second kappa shape index (κ2) is 5.58. The van der Waals surface area contributed by atoms with Gasteiger partial charge in [0.05, 0.1) is 5.69 Å². The van der Waals surface area contributed by atoms with E-state index in [-0.39, 0.29) is 6.79 Å². The molecular formula is C17H16N2O4. The summed E-state index contributed by atoms with van der Waals surface area (Å²) in [6.45, 7) is 0.212. The van der Waals surface area contributed by atoms with Crippen LogP contribution in [0.25, 0.3) is 6.08 Å². The summed E-state index contributed by atoms with van der Waals surface area (Å²) in [7, 11) is 0. The molecule has 0 saturated carbocycles. The molecule has 23 heavy (non-hydrogen) atoms. The Morgan fingerprint density at radius 1 is 1.04 bits per heavy atom. The number of hydrogen-bond donors (Lipinski definition) is 3. The zero-order chi connectivity index (χ0) is 15.8. The molecule has 0 unspecified atom stereocenters. The fraction of sp³-hybridized carbons (Fsp3) is 0.176. The van der Waals surface area contributed by atoms with Gasteiger partial charge in [-0.15, -0.1) is 0 Å². The predicted molar refractivity (Wildman–Crippen MR) is 84.6 cm³/mol. The number of hydrogen-bond acceptors (Lipinski definition) is 6. The molecule has 2 aromatic rings. The van der Waals surface area contributed by atoms with Crippen molar-refractivity contribution in [2.45, 2.75) is 12.5 Å². The first-order valence-electron chi connectivity index (χ1n) is 7.30. The number of rotatable bonds is 2. The second-order valence-corrected chi connectivity index (χ2v) is 5.37. The van der Waals surface area contributed by atoms with Crippen LogP contribution in [0.1, 0.15) is 5.56 Å². The zero-order valence-electron chi connectivity index (χ0n) is 12.2. The molecule has 0 aliphatic carbocycles. The lowest BCUT2D eigenvalue weighted by Gasteiger charge is -2.21. The Bertz CT molecular complexity index is 748. The molecule has 2 aliphatic rings. The molecule has 0 radical (unpaired) electrons. The third-order valence-corrected chi connectivity index (χ3v) is 3.88. The normalized spacial score (nSPS) is 24.4. The molecule has 1 fully saturated rings. The fourth-order valence-corrected chi connectivity index (χ4v) is 2.72. The number of anilines is 1. The van der Waals surface area contributed by atoms with Crippen molar-refractivity contribution in [3.8, 4) is 11.5 Å². The van der Waals surface area contributed by atoms with Crippen LogP contribution in [-0.4, -0.2) is 29.5 Å². The Kier molecular flexibility index (Phi) is 3.42. The highest BCUT2D eigenvalue weighted by molar-refractivity contribution is 5.62. The van der Waals surface area contributed by atoms with Crippen molar-refractivity contribution in [2.75, 3.05) is 11.8 Å². The quantitative estimate of drug-likeness (QED) is 0.780. The topological polar surface area (TPSA) is 74.2 Å². The average molecular weight is 312 g/mol. The number of hydrazine groups is 1. The highest BCUT2D eigenvalue weighted by Crippen LogP contribution is 2.34. The van der Waals surface area contributed by atoms with Crippen molar-refractivity contribution < 1.29 is 19.7 Å². The zero-order valence-corrected chi connectivity index (χ0v) is 12.2. The van der Waals surface area contributed by atoms with Crippen LogP contribution in [0.3, 0.4) is 0 Å². The van der Waals surface area contributed by atoms with E-state index in [1.807, 2.05) is 48.5 Å². The Labute approximate surface area is 133 Å². The number of benzene rings is 2. The SMILES string of the molecule is O[C@@H]1NN(c2ccccc2)[C@@H](O)/C1=C\c1ccc2c(c1)OCO2. The van der Waals surface area contributed by atoms with E-state index in [9.17, 15) is 10.2 Å². The minimum Gasteiger partial charge on any atom is -0.454 e. The van der Waals surface area contributed by atoms with Crippen molar-refractivity contribution >= 4 is 11.8 Å². The summed E-state index contributed by atoms with van der Waals surface area (Å²) in [6.07, 6.45) is -0.179. The van der Waals surface area contributed by atoms with E-state index in [0.717, 1.165) is 11.3 Å². The van der Waals surface area contributed by atoms with Gasteiger partial charge in [-0.05, 0) is 35.9 Å². The van der Waals surface area contributed by atoms with E-state index in [1.165, 1.54) is 5.01 Å². The van der Waals surface area contributed by atoms with Gasteiger partial charge in [0.25, 0.3) is 0 Å². The number of para-hydroxylation sites is 1. The highest BCUT2D eigenvalue weighted by atomic mass is 16.7. The van der Waals surface area contributed by atoms with E-state index in [2.05, 4.69) is 5.43 Å². The minimum absolute atomic E-state index is 0.212. The van der Waals surface area contributed by atoms with Crippen LogP contribution in [0.5, 0.6) is 11.5 Å². The smallest absolute Gasteiger partial charge is 0.231 e. The molecule has 2 aromatic carbocycles. The molecule has 0 aromatic heterocycles. The van der Waals surface area contributed by atoms with Gasteiger partial charge >= 0.3 is 0 Å². The Balaban J connectivity index is 1.63. The molecule has 3 N–H and O–H groups in total. The molecule has 2 atom stereocenters. The number of fused-ring (bicyclic) bond motifs is 1. The van der Waals surface area contributed by atoms with E-state index < -0.39 is 12.5 Å². The third kappa shape index (κ3) is 2.53. The van der Waals surface area contributed by atoms with Gasteiger partial charge in [-0.3, -0.25) is 5.01 Å². The van der Waals surface area contributed by atoms with Crippen molar-refractivity contribution in [1.82, 2.24) is 5.43 Å². The molecule has 2 heterocycles. The summed E-state index contributed by atoms with van der Waals surface area (Å²) in [5.41, 5.74) is 4.91. The van der Waals surface area contributed by atoms with Gasteiger partial charge in [0.2, 0.25) is 6.79 Å². The maximum atomic E-state index is 10.5. The van der Waals surface area contributed by atoms with Gasteiger partial charge in [0, 0.05) is 5.57 Å². The summed E-state index contributed by atoms with van der Waals surface area (Å²) in [4.78, 5) is 0. The molecular weight excluding hydrogens is 296 g/mol. The molecule has 1 saturated heterocycles. The molecule has 0 spiro atoms. The lowest BCUT2D eigenvalue weighted by Crippen LogP contribution is -2.39. The van der Waals surface area contributed by atoms with E-state index in [0.29, 0.717) is 17.1 Å². The number of aliphatic hydroxyl groups is 2. The van der Waals surface area contributed by atoms with Crippen molar-refractivity contribution in [1.29, 1.82) is 0 Å². The summed E-state index contributed by atoms with van der Waals surface area (Å²) < 4.78 is 10.6. The first kappa shape index (κ1) is 14.1. The van der Waals surface area contributed by atoms with Crippen LogP contribution in [0.4, 0.5) is 5.69 Å². The highest BCUT2D eigenvalue weighted by Gasteiger charge is 2.34. The molecule has 6 nitrogen and oxygen atoms in total. The Morgan fingerprint density at radius 2 is 1.83 bits per heavy atom. The monoisotopic (exact) mass is 312 g/mol. The van der Waals surface area contributed by atoms with E-state index >= 15 is 0 Å². The Morgan fingerprint density at radius 3 is 2.65 bits per heavy atom. The lowest BCUT2D eigenvalue weighted by molar-refractivity contribution is 0.174. The van der Waals surface area contributed by atoms with Gasteiger partial charge in [-0.2, -0.15) is 5.43 Å². The van der Waals surface area contributed by atoms with Gasteiger partial charge in [0.1, 0.15) is 6.23 Å². The van der Waals surface area contributed by atoms with Crippen molar-refractivity contribution in [3.63, 3.8) is 0 Å². The molecule has 4 rings (SSSR count). The van der Waals surface area contributed by atoms with Crippen LogP contribution in [0.2, 0.25) is 0 Å². The first-order chi connectivity index (χ1) is 11.2. The fourth-order valence-electron chi connectivity index (χ4n) is 2.72. The van der Waals surface area contributed by atoms with Crippen molar-refractivity contribution in [2.24, 2.45) is 0 Å². The van der Waals surface area contributed by atoms with Crippen LogP contribution < -0.4 is 19.9 Å². The van der Waals surface area contributed by atoms with Crippen LogP contribution in [0, 0.1) is 0 Å². The van der Waals surface area contributed by atoms with E-state index in [1.54, 1.807) is 6.08 Å². The molecule has 6 heteroatoms. The van der Waals surface area contributed by atoms with Gasteiger partial charge in [0.15, 0.2) is 17.7 Å². The standard InChI is InChI=1S/C17H16N2O4/c20-16-13(8-11-6-7-14-15(9-11)23-10-22-14)17(21)19(18-16)12-4-2-1-3-5-12/h1-9,16-18,20-21H,10H2/b13-8-/t16-,17-/m0/s1. The van der Waals surface area contributed by atoms with Crippen LogP contribution >= 0.6 is 0 Å². The number of nitrogens with one attached hydrogen (secondary N) is 1. The maximum absolute atomic E-state index is 10.5. The largest absolute Gasteiger partial charge is 0.454 e. The summed E-state index contributed by atoms with van der Waals surface area (Å²) in [5.74, 6) is 1.36. The van der Waals surface area contributed by atoms with Crippen molar-refractivity contribution in [3.05, 3.63) is 59.7 Å². The summed E-state index contributed by atoms with van der Waals surface area (Å²) >= 11 is 0. The van der Waals surface area contributed by atoms with E-state index in [4.69, 9.17) is 9.47 Å². The second-order valence-electron chi connectivity index (χ2n) is 5.37. The van der Waals surface area contributed by atoms with Gasteiger partial charge in [-0.1, -0.05) is 24.3 Å². The predicted octanol–water partition coefficient (Wildman–Crippen LogP) is 1.46. The number of aliphatic hydroxyl groups excluding tert-OH is 2. The maximum Gasteiger partial charge on any atom is 0.231 e. The summed E-state index contributed by atoms with van der Waals surface area (Å²) in [5, 5.41) is 22.2. The van der Waals surface area contributed by atoms with Gasteiger partial charge < -0.3 is 19.7 Å². The first-order valence-corrected chi connectivity index (χ1v) is 7.30. The van der Waals surface area contributed by atoms with Crippen LogP contribution in [-0.2, 0) is 0 Å². The minimum atomic E-state index is -0.962. The molecule has 0 bridgehead atoms. The number of nitrogens with zero attached hydrogens (tertiary/aromatic N) is 1. The van der Waals surface area contributed by atoms with Crippen LogP contribution in [0.15, 0.2) is 54.1 Å².